The fourth-order valence-corrected chi connectivity index (χ4v) is 1.81. The number of hydrogen-bond acceptors (Lipinski definition) is 7. The van der Waals surface area contributed by atoms with Gasteiger partial charge in [-0.05, 0) is 0 Å². The van der Waals surface area contributed by atoms with Crippen molar-refractivity contribution in [3.63, 3.8) is 0 Å². The van der Waals surface area contributed by atoms with E-state index in [1.165, 1.54) is 0 Å². The van der Waals surface area contributed by atoms with Crippen LogP contribution in [-0.4, -0.2) is 14.8 Å². The number of hydrogen-bond donors (Lipinski definition) is 0. The van der Waals surface area contributed by atoms with Crippen LogP contribution in [0.25, 0.3) is 0 Å². The number of nitro benzene ring substituents is 3. The number of benzene rings is 1. The normalized spacial score (nSPS) is 10.4. The van der Waals surface area contributed by atoms with Crippen LogP contribution in [0.15, 0.2) is 42.7 Å². The van der Waals surface area contributed by atoms with Crippen molar-refractivity contribution in [3.05, 3.63) is 73.1 Å². The molecule has 2 rings (SSSR count). The number of rotatable bonds is 3. The average molecular weight is 364 g/mol. The quantitative estimate of drug-likeness (QED) is 0.459. The van der Waals surface area contributed by atoms with Crippen LogP contribution in [0.1, 0.15) is 20.8 Å². The van der Waals surface area contributed by atoms with Gasteiger partial charge in [-0.15, -0.1) is 0 Å². The van der Waals surface area contributed by atoms with Gasteiger partial charge in [-0.3, -0.25) is 30.3 Å². The van der Waals surface area contributed by atoms with Gasteiger partial charge in [-0.1, -0.05) is 6.07 Å². The molecule has 26 heavy (non-hydrogen) atoms. The molecular formula is C15H16N4O7. The lowest BCUT2D eigenvalue weighted by Crippen LogP contribution is -2.49. The first-order chi connectivity index (χ1) is 11.9. The van der Waals surface area contributed by atoms with Gasteiger partial charge in [0, 0.05) is 32.9 Å². The van der Waals surface area contributed by atoms with Gasteiger partial charge < -0.3 is 5.11 Å². The molecule has 0 saturated heterocycles. The average Bonchev–Trinajstić information content (AvgIpc) is 2.55. The zero-order valence-electron chi connectivity index (χ0n) is 14.2. The highest BCUT2D eigenvalue weighted by atomic mass is 16.6. The highest BCUT2D eigenvalue weighted by molar-refractivity contribution is 5.63. The molecule has 0 spiro atoms. The summed E-state index contributed by atoms with van der Waals surface area (Å²) in [6, 6.07) is 6.89. The molecule has 0 unspecified atom stereocenters. The zero-order chi connectivity index (χ0) is 20.1. The largest absolute Gasteiger partial charge is 0.863 e. The molecule has 0 atom stereocenters. The van der Waals surface area contributed by atoms with Crippen LogP contribution in [0.5, 0.6) is 5.75 Å². The second-order valence-electron chi connectivity index (χ2n) is 6.04. The third kappa shape index (κ3) is 5.19. The lowest BCUT2D eigenvalue weighted by Gasteiger charge is -2.11. The summed E-state index contributed by atoms with van der Waals surface area (Å²) in [5.41, 5.74) is -3.05. The fraction of sp³-hybridized carbons (Fsp3) is 0.267. The number of non-ortho nitro benzene ring substituents is 1. The van der Waals surface area contributed by atoms with E-state index in [0.717, 1.165) is 0 Å². The molecule has 11 heteroatoms. The van der Waals surface area contributed by atoms with E-state index in [0.29, 0.717) is 12.1 Å². The molecule has 138 valence electrons. The van der Waals surface area contributed by atoms with Crippen LogP contribution in [0.3, 0.4) is 0 Å². The smallest absolute Gasteiger partial charge is 0.283 e. The van der Waals surface area contributed by atoms with Crippen molar-refractivity contribution >= 4 is 17.1 Å². The number of pyridine rings is 1. The first-order valence-corrected chi connectivity index (χ1v) is 7.20. The SMILES string of the molecule is CC(C)(C)[n+]1ccccc1.O=[N+]([O-])c1cc([N+](=O)[O-])c([O-])c([N+](=O)[O-])c1. The number of nitro groups is 3. The Labute approximate surface area is 147 Å². The van der Waals surface area contributed by atoms with E-state index in [9.17, 15) is 35.4 Å². The molecule has 0 saturated carbocycles. The Morgan fingerprint density at radius 2 is 1.23 bits per heavy atom. The van der Waals surface area contributed by atoms with E-state index >= 15 is 0 Å². The minimum atomic E-state index is -1.46. The maximum atomic E-state index is 11.1. The van der Waals surface area contributed by atoms with Crippen LogP contribution in [-0.2, 0) is 5.54 Å². The number of aromatic nitrogens is 1. The molecule has 2 aromatic rings. The van der Waals surface area contributed by atoms with Crippen molar-refractivity contribution in [2.75, 3.05) is 0 Å². The van der Waals surface area contributed by atoms with E-state index in [-0.39, 0.29) is 5.54 Å². The van der Waals surface area contributed by atoms with Crippen LogP contribution in [0.4, 0.5) is 17.1 Å². The van der Waals surface area contributed by atoms with Crippen molar-refractivity contribution in [1.29, 1.82) is 0 Å². The summed E-state index contributed by atoms with van der Waals surface area (Å²) in [5, 5.41) is 42.1. The third-order valence-electron chi connectivity index (χ3n) is 3.13. The lowest BCUT2D eigenvalue weighted by molar-refractivity contribution is -0.754. The Kier molecular flexibility index (Phi) is 6.25. The molecule has 1 aromatic heterocycles. The summed E-state index contributed by atoms with van der Waals surface area (Å²) >= 11 is 0. The third-order valence-corrected chi connectivity index (χ3v) is 3.13. The standard InChI is InChI=1S/C9H14N.C6H3N3O7/c1-9(2,3)10-7-5-4-6-8-10;10-6-4(8(13)14)1-3(7(11)12)2-5(6)9(15)16/h4-8H,1-3H3;1-2,10H/q+1;/p-1. The summed E-state index contributed by atoms with van der Waals surface area (Å²) in [5.74, 6) is -1.46. The van der Waals surface area contributed by atoms with Gasteiger partial charge in [0.2, 0.25) is 0 Å². The summed E-state index contributed by atoms with van der Waals surface area (Å²) in [6.45, 7) is 6.56. The molecule has 0 aliphatic rings. The molecule has 0 aliphatic heterocycles. The molecule has 1 heterocycles. The first kappa shape index (κ1) is 20.4. The van der Waals surface area contributed by atoms with Crippen molar-refractivity contribution in [3.8, 4) is 5.75 Å². The van der Waals surface area contributed by atoms with Gasteiger partial charge in [-0.2, -0.15) is 0 Å². The lowest BCUT2D eigenvalue weighted by atomic mass is 10.1. The van der Waals surface area contributed by atoms with Gasteiger partial charge >= 0.3 is 0 Å². The van der Waals surface area contributed by atoms with E-state index < -0.39 is 37.6 Å². The van der Waals surface area contributed by atoms with Crippen molar-refractivity contribution in [2.45, 2.75) is 26.3 Å². The van der Waals surface area contributed by atoms with Crippen molar-refractivity contribution < 1.29 is 24.4 Å². The van der Waals surface area contributed by atoms with E-state index in [1.54, 1.807) is 0 Å². The molecule has 11 nitrogen and oxygen atoms in total. The van der Waals surface area contributed by atoms with E-state index in [1.807, 2.05) is 18.2 Å². The van der Waals surface area contributed by atoms with E-state index in [4.69, 9.17) is 0 Å². The summed E-state index contributed by atoms with van der Waals surface area (Å²) < 4.78 is 2.19. The van der Waals surface area contributed by atoms with Gasteiger partial charge in [0.05, 0.1) is 32.7 Å². The fourth-order valence-electron chi connectivity index (χ4n) is 1.81. The van der Waals surface area contributed by atoms with E-state index in [2.05, 4.69) is 37.7 Å². The minimum absolute atomic E-state index is 0.210. The Morgan fingerprint density at radius 1 is 0.808 bits per heavy atom. The molecule has 0 aliphatic carbocycles. The molecule has 0 amide bonds. The maximum absolute atomic E-state index is 11.1. The molecule has 0 radical (unpaired) electrons. The Balaban J connectivity index is 0.000000289. The number of nitrogens with zero attached hydrogens (tertiary/aromatic N) is 4. The van der Waals surface area contributed by atoms with Gasteiger partial charge in [0.15, 0.2) is 17.9 Å². The molecule has 0 fully saturated rings. The van der Waals surface area contributed by atoms with Crippen LogP contribution >= 0.6 is 0 Å². The summed E-state index contributed by atoms with van der Waals surface area (Å²) in [7, 11) is 0. The van der Waals surface area contributed by atoms with Crippen molar-refractivity contribution in [1.82, 2.24) is 0 Å². The molecule has 0 bridgehead atoms. The van der Waals surface area contributed by atoms with Crippen LogP contribution < -0.4 is 9.67 Å². The predicted molar refractivity (Wildman–Crippen MR) is 87.5 cm³/mol. The van der Waals surface area contributed by atoms with Crippen molar-refractivity contribution in [2.24, 2.45) is 0 Å². The first-order valence-electron chi connectivity index (χ1n) is 7.20. The highest BCUT2D eigenvalue weighted by Crippen LogP contribution is 2.36. The van der Waals surface area contributed by atoms with Gasteiger partial charge in [0.1, 0.15) is 0 Å². The Morgan fingerprint density at radius 3 is 1.50 bits per heavy atom. The van der Waals surface area contributed by atoms with Gasteiger partial charge in [-0.25, -0.2) is 4.57 Å². The molecule has 0 N–H and O–H groups in total. The topological polar surface area (TPSA) is 156 Å². The summed E-state index contributed by atoms with van der Waals surface area (Å²) in [4.78, 5) is 27.5. The van der Waals surface area contributed by atoms with Crippen LogP contribution in [0.2, 0.25) is 0 Å². The zero-order valence-corrected chi connectivity index (χ0v) is 14.2. The monoisotopic (exact) mass is 364 g/mol. The van der Waals surface area contributed by atoms with Gasteiger partial charge in [0.25, 0.3) is 17.1 Å². The second-order valence-corrected chi connectivity index (χ2v) is 6.04. The summed E-state index contributed by atoms with van der Waals surface area (Å²) in [6.07, 6.45) is 4.17. The van der Waals surface area contributed by atoms with Crippen LogP contribution in [0, 0.1) is 30.3 Å². The Hall–Kier alpha value is -3.63. The Bertz CT molecular complexity index is 797. The second kappa shape index (κ2) is 7.96. The predicted octanol–water partition coefficient (Wildman–Crippen LogP) is 2.21. The maximum Gasteiger partial charge on any atom is 0.283 e. The molecule has 1 aromatic carbocycles. The highest BCUT2D eigenvalue weighted by Gasteiger charge is 2.24. The minimum Gasteiger partial charge on any atom is -0.863 e. The molecular weight excluding hydrogens is 348 g/mol.